The smallest absolute Gasteiger partial charge is 0.335 e. The Labute approximate surface area is 111 Å². The van der Waals surface area contributed by atoms with Crippen molar-refractivity contribution in [3.05, 3.63) is 35.4 Å². The van der Waals surface area contributed by atoms with E-state index in [1.807, 2.05) is 24.3 Å². The number of nitrogens with one attached hydrogen (secondary N) is 1. The zero-order valence-corrected chi connectivity index (χ0v) is 10.8. The van der Waals surface area contributed by atoms with E-state index in [1.165, 1.54) is 14.2 Å². The highest BCUT2D eigenvalue weighted by Crippen LogP contribution is 2.28. The third kappa shape index (κ3) is 2.76. The Bertz CT molecular complexity index is 536. The fourth-order valence-electron chi connectivity index (χ4n) is 2.02. The summed E-state index contributed by atoms with van der Waals surface area (Å²) in [7, 11) is 2.64. The van der Waals surface area contributed by atoms with Crippen LogP contribution in [0.2, 0.25) is 0 Å². The van der Waals surface area contributed by atoms with Gasteiger partial charge in [0, 0.05) is 5.69 Å². The van der Waals surface area contributed by atoms with Crippen LogP contribution in [0.5, 0.6) is 0 Å². The zero-order chi connectivity index (χ0) is 13.8. The average molecular weight is 261 g/mol. The van der Waals surface area contributed by atoms with Crippen LogP contribution in [0.1, 0.15) is 12.0 Å². The van der Waals surface area contributed by atoms with Crippen LogP contribution in [0.15, 0.2) is 29.8 Å². The van der Waals surface area contributed by atoms with Gasteiger partial charge >= 0.3 is 11.9 Å². The molecular weight excluding hydrogens is 246 g/mol. The predicted molar refractivity (Wildman–Crippen MR) is 70.5 cm³/mol. The summed E-state index contributed by atoms with van der Waals surface area (Å²) in [5, 5.41) is 3.16. The number of fused-ring (bicyclic) bond motifs is 1. The van der Waals surface area contributed by atoms with E-state index in [0.29, 0.717) is 5.57 Å². The van der Waals surface area contributed by atoms with Gasteiger partial charge in [0.2, 0.25) is 0 Å². The van der Waals surface area contributed by atoms with Crippen molar-refractivity contribution in [3.8, 4) is 0 Å². The van der Waals surface area contributed by atoms with Crippen LogP contribution in [0.3, 0.4) is 0 Å². The summed E-state index contributed by atoms with van der Waals surface area (Å²) in [4.78, 5) is 23.2. The Balaban J connectivity index is 2.34. The molecule has 0 saturated carbocycles. The number of hydrogen-bond acceptors (Lipinski definition) is 5. The lowest BCUT2D eigenvalue weighted by molar-refractivity contribution is -0.140. The molecule has 1 aliphatic rings. The van der Waals surface area contributed by atoms with Crippen molar-refractivity contribution >= 4 is 23.7 Å². The number of methoxy groups -OCH3 is 2. The van der Waals surface area contributed by atoms with E-state index in [9.17, 15) is 9.59 Å². The number of carbonyl (C=O) groups is 2. The molecule has 5 nitrogen and oxygen atoms in total. The summed E-state index contributed by atoms with van der Waals surface area (Å²) in [5.41, 5.74) is 2.19. The number of para-hydroxylation sites is 1. The lowest BCUT2D eigenvalue weighted by Crippen LogP contribution is -2.32. The maximum atomic E-state index is 11.8. The summed E-state index contributed by atoms with van der Waals surface area (Å²) in [6, 6.07) is 7.11. The highest BCUT2D eigenvalue weighted by molar-refractivity contribution is 5.99. The van der Waals surface area contributed by atoms with Crippen LogP contribution < -0.4 is 5.32 Å². The minimum Gasteiger partial charge on any atom is -0.469 e. The fraction of sp³-hybridized carbons (Fsp3) is 0.286. The van der Waals surface area contributed by atoms with Crippen molar-refractivity contribution < 1.29 is 19.1 Å². The number of carbonyl (C=O) groups excluding carboxylic acids is 2. The quantitative estimate of drug-likeness (QED) is 0.837. The van der Waals surface area contributed by atoms with Crippen molar-refractivity contribution in [3.63, 3.8) is 0 Å². The SMILES string of the molecule is COC(=O)CC1Nc2ccccc2C=C1C(=O)OC. The van der Waals surface area contributed by atoms with Crippen LogP contribution in [0.25, 0.3) is 6.08 Å². The minimum atomic E-state index is -0.448. The Morgan fingerprint density at radius 3 is 2.63 bits per heavy atom. The second-order valence-corrected chi connectivity index (χ2v) is 4.16. The molecular formula is C14H15NO4. The van der Waals surface area contributed by atoms with Gasteiger partial charge in [0.1, 0.15) is 0 Å². The van der Waals surface area contributed by atoms with Gasteiger partial charge in [-0.1, -0.05) is 18.2 Å². The number of esters is 2. The van der Waals surface area contributed by atoms with Gasteiger partial charge in [-0.15, -0.1) is 0 Å². The molecule has 1 heterocycles. The van der Waals surface area contributed by atoms with Crippen molar-refractivity contribution in [2.45, 2.75) is 12.5 Å². The minimum absolute atomic E-state index is 0.0752. The van der Waals surface area contributed by atoms with E-state index >= 15 is 0 Å². The average Bonchev–Trinajstić information content (AvgIpc) is 2.45. The van der Waals surface area contributed by atoms with Gasteiger partial charge < -0.3 is 14.8 Å². The first-order chi connectivity index (χ1) is 9.15. The molecule has 0 aromatic heterocycles. The Morgan fingerprint density at radius 1 is 1.21 bits per heavy atom. The molecule has 1 N–H and O–H groups in total. The number of ether oxygens (including phenoxy) is 2. The topological polar surface area (TPSA) is 64.6 Å². The third-order valence-electron chi connectivity index (χ3n) is 3.00. The molecule has 0 aliphatic carbocycles. The van der Waals surface area contributed by atoms with E-state index in [-0.39, 0.29) is 12.4 Å². The molecule has 1 aromatic rings. The van der Waals surface area contributed by atoms with Gasteiger partial charge in [-0.2, -0.15) is 0 Å². The van der Waals surface area contributed by atoms with Crippen molar-refractivity contribution in [2.75, 3.05) is 19.5 Å². The molecule has 1 aromatic carbocycles. The molecule has 19 heavy (non-hydrogen) atoms. The summed E-state index contributed by atoms with van der Waals surface area (Å²) >= 11 is 0. The molecule has 2 rings (SSSR count). The number of benzene rings is 1. The number of hydrogen-bond donors (Lipinski definition) is 1. The van der Waals surface area contributed by atoms with E-state index in [1.54, 1.807) is 6.08 Å². The van der Waals surface area contributed by atoms with E-state index in [0.717, 1.165) is 11.3 Å². The van der Waals surface area contributed by atoms with Crippen LogP contribution >= 0.6 is 0 Å². The van der Waals surface area contributed by atoms with Crippen LogP contribution in [-0.4, -0.2) is 32.2 Å². The Kier molecular flexibility index (Phi) is 3.85. The molecule has 0 saturated heterocycles. The fourth-order valence-corrected chi connectivity index (χ4v) is 2.02. The molecule has 0 spiro atoms. The molecule has 0 radical (unpaired) electrons. The first kappa shape index (κ1) is 13.1. The van der Waals surface area contributed by atoms with Gasteiger partial charge in [-0.25, -0.2) is 4.79 Å². The van der Waals surface area contributed by atoms with Crippen molar-refractivity contribution in [2.24, 2.45) is 0 Å². The Hall–Kier alpha value is -2.30. The second-order valence-electron chi connectivity index (χ2n) is 4.16. The van der Waals surface area contributed by atoms with Crippen LogP contribution in [-0.2, 0) is 19.1 Å². The van der Waals surface area contributed by atoms with Gasteiger partial charge in [-0.05, 0) is 17.7 Å². The molecule has 1 atom stereocenters. The zero-order valence-electron chi connectivity index (χ0n) is 10.8. The Morgan fingerprint density at radius 2 is 1.95 bits per heavy atom. The van der Waals surface area contributed by atoms with Gasteiger partial charge in [0.05, 0.1) is 32.3 Å². The summed E-state index contributed by atoms with van der Waals surface area (Å²) < 4.78 is 9.40. The number of rotatable bonds is 3. The van der Waals surface area contributed by atoms with Crippen LogP contribution in [0.4, 0.5) is 5.69 Å². The monoisotopic (exact) mass is 261 g/mol. The third-order valence-corrected chi connectivity index (χ3v) is 3.00. The van der Waals surface area contributed by atoms with Crippen molar-refractivity contribution in [1.29, 1.82) is 0 Å². The van der Waals surface area contributed by atoms with E-state index < -0.39 is 12.0 Å². The van der Waals surface area contributed by atoms with Gasteiger partial charge in [-0.3, -0.25) is 4.79 Å². The largest absolute Gasteiger partial charge is 0.469 e. The highest BCUT2D eigenvalue weighted by atomic mass is 16.5. The lowest BCUT2D eigenvalue weighted by Gasteiger charge is -2.26. The summed E-state index contributed by atoms with van der Waals surface area (Å²) in [6.07, 6.45) is 1.82. The van der Waals surface area contributed by atoms with Gasteiger partial charge in [0.25, 0.3) is 0 Å². The highest BCUT2D eigenvalue weighted by Gasteiger charge is 2.28. The molecule has 0 amide bonds. The second kappa shape index (κ2) is 5.56. The normalized spacial score (nSPS) is 16.7. The summed E-state index contributed by atoms with van der Waals surface area (Å²) in [6.45, 7) is 0. The molecule has 100 valence electrons. The predicted octanol–water partition coefficient (Wildman–Crippen LogP) is 1.60. The first-order valence-corrected chi connectivity index (χ1v) is 5.88. The van der Waals surface area contributed by atoms with Crippen molar-refractivity contribution in [1.82, 2.24) is 0 Å². The van der Waals surface area contributed by atoms with Crippen LogP contribution in [0, 0.1) is 0 Å². The first-order valence-electron chi connectivity index (χ1n) is 5.88. The molecule has 1 unspecified atom stereocenters. The molecule has 0 bridgehead atoms. The number of anilines is 1. The molecule has 1 aliphatic heterocycles. The van der Waals surface area contributed by atoms with E-state index in [2.05, 4.69) is 10.1 Å². The lowest BCUT2D eigenvalue weighted by atomic mass is 9.95. The van der Waals surface area contributed by atoms with Gasteiger partial charge in [0.15, 0.2) is 0 Å². The molecule has 5 heteroatoms. The van der Waals surface area contributed by atoms with E-state index in [4.69, 9.17) is 4.74 Å². The molecule has 0 fully saturated rings. The standard InChI is InChI=1S/C14H15NO4/c1-18-13(16)8-12-10(14(17)19-2)7-9-5-3-4-6-11(9)15-12/h3-7,12,15H,8H2,1-2H3. The summed E-state index contributed by atoms with van der Waals surface area (Å²) in [5.74, 6) is -0.831. The maximum absolute atomic E-state index is 11.8. The maximum Gasteiger partial charge on any atom is 0.335 e.